The van der Waals surface area contributed by atoms with E-state index in [9.17, 15) is 4.79 Å². The molecule has 0 spiro atoms. The van der Waals surface area contributed by atoms with Crippen LogP contribution in [-0.2, 0) is 11.2 Å². The maximum Gasteiger partial charge on any atom is 0.245 e. The molecule has 0 heterocycles. The SMILES string of the molecule is C=CC(=O)N(CCCCCCCCCCSC)CCCc1cc(OC)c(OC)c(OC)c1. The fourth-order valence-electron chi connectivity index (χ4n) is 3.82. The van der Waals surface area contributed by atoms with E-state index < -0.39 is 0 Å². The van der Waals surface area contributed by atoms with Gasteiger partial charge in [-0.15, -0.1) is 0 Å². The van der Waals surface area contributed by atoms with Crippen LogP contribution < -0.4 is 14.2 Å². The number of hydrogen-bond donors (Lipinski definition) is 0. The molecule has 0 atom stereocenters. The smallest absolute Gasteiger partial charge is 0.245 e. The Labute approximate surface area is 199 Å². The number of rotatable bonds is 19. The predicted octanol–water partition coefficient (Wildman–Crippen LogP) is 6.14. The van der Waals surface area contributed by atoms with Crippen LogP contribution in [0.15, 0.2) is 24.8 Å². The fraction of sp³-hybridized carbons (Fsp3) is 0.654. The van der Waals surface area contributed by atoms with Gasteiger partial charge in [0.1, 0.15) is 0 Å². The second-order valence-electron chi connectivity index (χ2n) is 7.99. The molecule has 1 aromatic carbocycles. The van der Waals surface area contributed by atoms with Crippen molar-refractivity contribution in [1.82, 2.24) is 4.90 Å². The van der Waals surface area contributed by atoms with E-state index in [0.29, 0.717) is 17.2 Å². The fourth-order valence-corrected chi connectivity index (χ4v) is 4.32. The van der Waals surface area contributed by atoms with E-state index >= 15 is 0 Å². The van der Waals surface area contributed by atoms with Crippen molar-refractivity contribution in [3.63, 3.8) is 0 Å². The maximum absolute atomic E-state index is 12.3. The van der Waals surface area contributed by atoms with Gasteiger partial charge in [0.25, 0.3) is 0 Å². The Hall–Kier alpha value is -1.82. The first-order valence-corrected chi connectivity index (χ1v) is 13.2. The number of aryl methyl sites for hydroxylation is 1. The lowest BCUT2D eigenvalue weighted by molar-refractivity contribution is -0.126. The summed E-state index contributed by atoms with van der Waals surface area (Å²) in [6, 6.07) is 3.95. The van der Waals surface area contributed by atoms with E-state index in [1.54, 1.807) is 21.3 Å². The van der Waals surface area contributed by atoms with Gasteiger partial charge in [0, 0.05) is 13.1 Å². The van der Waals surface area contributed by atoms with Crippen LogP contribution in [0.3, 0.4) is 0 Å². The van der Waals surface area contributed by atoms with Crippen molar-refractivity contribution >= 4 is 17.7 Å². The minimum atomic E-state index is 0.0173. The van der Waals surface area contributed by atoms with Crippen LogP contribution in [0.4, 0.5) is 0 Å². The summed E-state index contributed by atoms with van der Waals surface area (Å²) in [5, 5.41) is 0. The van der Waals surface area contributed by atoms with Gasteiger partial charge in [-0.05, 0) is 61.5 Å². The van der Waals surface area contributed by atoms with Crippen molar-refractivity contribution in [2.24, 2.45) is 0 Å². The minimum absolute atomic E-state index is 0.0173. The molecule has 0 aliphatic rings. The first-order valence-electron chi connectivity index (χ1n) is 11.8. The topological polar surface area (TPSA) is 48.0 Å². The first kappa shape index (κ1) is 28.2. The lowest BCUT2D eigenvalue weighted by atomic mass is 10.1. The molecule has 0 aliphatic heterocycles. The summed E-state index contributed by atoms with van der Waals surface area (Å²) in [6.07, 6.45) is 15.5. The molecule has 0 aromatic heterocycles. The highest BCUT2D eigenvalue weighted by Crippen LogP contribution is 2.38. The van der Waals surface area contributed by atoms with Crippen LogP contribution in [0, 0.1) is 0 Å². The summed E-state index contributed by atoms with van der Waals surface area (Å²) in [7, 11) is 4.85. The van der Waals surface area contributed by atoms with Gasteiger partial charge >= 0.3 is 0 Å². The third-order valence-corrected chi connectivity index (χ3v) is 6.33. The zero-order chi connectivity index (χ0) is 23.6. The van der Waals surface area contributed by atoms with Crippen molar-refractivity contribution < 1.29 is 19.0 Å². The molecule has 0 aliphatic carbocycles. The molecular formula is C26H43NO4S. The highest BCUT2D eigenvalue weighted by atomic mass is 32.2. The van der Waals surface area contributed by atoms with Gasteiger partial charge in [-0.25, -0.2) is 0 Å². The number of methoxy groups -OCH3 is 3. The van der Waals surface area contributed by atoms with Gasteiger partial charge in [0.2, 0.25) is 11.7 Å². The number of benzene rings is 1. The van der Waals surface area contributed by atoms with E-state index in [1.165, 1.54) is 56.8 Å². The Bertz CT molecular complexity index is 640. The van der Waals surface area contributed by atoms with E-state index in [1.807, 2.05) is 28.8 Å². The van der Waals surface area contributed by atoms with Crippen LogP contribution in [0.25, 0.3) is 0 Å². The van der Waals surface area contributed by atoms with Crippen molar-refractivity contribution in [3.8, 4) is 17.2 Å². The molecule has 32 heavy (non-hydrogen) atoms. The van der Waals surface area contributed by atoms with Crippen molar-refractivity contribution in [1.29, 1.82) is 0 Å². The Balaban J connectivity index is 2.40. The normalized spacial score (nSPS) is 10.6. The zero-order valence-electron chi connectivity index (χ0n) is 20.6. The van der Waals surface area contributed by atoms with Gasteiger partial charge < -0.3 is 19.1 Å². The summed E-state index contributed by atoms with van der Waals surface area (Å²) >= 11 is 1.94. The molecule has 1 aromatic rings. The van der Waals surface area contributed by atoms with Crippen molar-refractivity contribution in [2.75, 3.05) is 46.4 Å². The van der Waals surface area contributed by atoms with E-state index in [-0.39, 0.29) is 5.91 Å². The molecule has 1 rings (SSSR count). The monoisotopic (exact) mass is 465 g/mol. The molecule has 0 radical (unpaired) electrons. The molecule has 0 N–H and O–H groups in total. The molecule has 0 saturated carbocycles. The third-order valence-electron chi connectivity index (χ3n) is 5.63. The van der Waals surface area contributed by atoms with Gasteiger partial charge in [-0.1, -0.05) is 45.1 Å². The Morgan fingerprint density at radius 2 is 1.41 bits per heavy atom. The van der Waals surface area contributed by atoms with Crippen LogP contribution in [0.2, 0.25) is 0 Å². The number of carbonyl (C=O) groups excluding carboxylic acids is 1. The maximum atomic E-state index is 12.3. The Kier molecular flexibility index (Phi) is 15.6. The number of hydrogen-bond acceptors (Lipinski definition) is 5. The van der Waals surface area contributed by atoms with Gasteiger partial charge in [0.15, 0.2) is 11.5 Å². The quantitative estimate of drug-likeness (QED) is 0.181. The highest BCUT2D eigenvalue weighted by molar-refractivity contribution is 7.98. The van der Waals surface area contributed by atoms with E-state index in [2.05, 4.69) is 12.8 Å². The van der Waals surface area contributed by atoms with Gasteiger partial charge in [0.05, 0.1) is 21.3 Å². The van der Waals surface area contributed by atoms with Gasteiger partial charge in [-0.3, -0.25) is 4.79 Å². The molecule has 1 amide bonds. The standard InChI is InChI=1S/C26H43NO4S/c1-6-25(28)27(17-13-11-9-7-8-10-12-14-19-32-5)18-15-16-22-20-23(29-2)26(31-4)24(21-22)30-3/h6,20-21H,1,7-19H2,2-5H3. The first-order chi connectivity index (χ1) is 15.6. The summed E-state index contributed by atoms with van der Waals surface area (Å²) in [6.45, 7) is 5.19. The highest BCUT2D eigenvalue weighted by Gasteiger charge is 2.14. The molecule has 0 unspecified atom stereocenters. The van der Waals surface area contributed by atoms with Gasteiger partial charge in [-0.2, -0.15) is 11.8 Å². The molecule has 6 heteroatoms. The summed E-state index contributed by atoms with van der Waals surface area (Å²) in [4.78, 5) is 14.2. The zero-order valence-corrected chi connectivity index (χ0v) is 21.4. The van der Waals surface area contributed by atoms with Crippen LogP contribution in [0.5, 0.6) is 17.2 Å². The number of unbranched alkanes of at least 4 members (excludes halogenated alkanes) is 7. The van der Waals surface area contributed by atoms with Crippen molar-refractivity contribution in [2.45, 2.75) is 64.2 Å². The van der Waals surface area contributed by atoms with Crippen LogP contribution in [0.1, 0.15) is 63.4 Å². The average Bonchev–Trinajstić information content (AvgIpc) is 2.82. The second-order valence-corrected chi connectivity index (χ2v) is 8.97. The lowest BCUT2D eigenvalue weighted by Crippen LogP contribution is -2.31. The second kappa shape index (κ2) is 17.7. The average molecular weight is 466 g/mol. The number of ether oxygens (including phenoxy) is 3. The molecule has 0 saturated heterocycles. The minimum Gasteiger partial charge on any atom is -0.493 e. The van der Waals surface area contributed by atoms with Crippen LogP contribution in [-0.4, -0.2) is 57.2 Å². The Morgan fingerprint density at radius 1 is 0.875 bits per heavy atom. The van der Waals surface area contributed by atoms with E-state index in [0.717, 1.165) is 37.9 Å². The predicted molar refractivity (Wildman–Crippen MR) is 137 cm³/mol. The lowest BCUT2D eigenvalue weighted by Gasteiger charge is -2.21. The number of carbonyl (C=O) groups is 1. The molecule has 182 valence electrons. The third kappa shape index (κ3) is 10.7. The molecular weight excluding hydrogens is 422 g/mol. The summed E-state index contributed by atoms with van der Waals surface area (Å²) in [5.41, 5.74) is 1.10. The largest absolute Gasteiger partial charge is 0.493 e. The molecule has 5 nitrogen and oxygen atoms in total. The van der Waals surface area contributed by atoms with Crippen LogP contribution >= 0.6 is 11.8 Å². The molecule has 0 fully saturated rings. The van der Waals surface area contributed by atoms with E-state index in [4.69, 9.17) is 14.2 Å². The number of amides is 1. The van der Waals surface area contributed by atoms with Crippen molar-refractivity contribution in [3.05, 3.63) is 30.4 Å². The number of thioether (sulfide) groups is 1. The summed E-state index contributed by atoms with van der Waals surface area (Å²) < 4.78 is 16.3. The molecule has 0 bridgehead atoms. The Morgan fingerprint density at radius 3 is 1.91 bits per heavy atom. The summed E-state index contributed by atoms with van der Waals surface area (Å²) in [5.74, 6) is 3.22. The number of nitrogens with zero attached hydrogens (tertiary/aromatic N) is 1.